The zero-order valence-electron chi connectivity index (χ0n) is 16.4. The maximum atomic E-state index is 13.0. The second-order valence-electron chi connectivity index (χ2n) is 7.09. The van der Waals surface area contributed by atoms with E-state index in [4.69, 9.17) is 11.6 Å². The van der Waals surface area contributed by atoms with E-state index in [0.717, 1.165) is 17.1 Å². The van der Waals surface area contributed by atoms with Crippen molar-refractivity contribution in [2.75, 3.05) is 31.1 Å². The van der Waals surface area contributed by atoms with Crippen LogP contribution >= 0.6 is 11.6 Å². The van der Waals surface area contributed by atoms with Crippen LogP contribution in [0.3, 0.4) is 0 Å². The molecule has 2 heterocycles. The quantitative estimate of drug-likeness (QED) is 0.470. The lowest BCUT2D eigenvalue weighted by molar-refractivity contribution is -0.384. The summed E-state index contributed by atoms with van der Waals surface area (Å²) in [5, 5.41) is 15.8. The summed E-state index contributed by atoms with van der Waals surface area (Å²) in [7, 11) is 0. The molecule has 2 aromatic carbocycles. The number of nitrogens with zero attached hydrogens (tertiary/aromatic N) is 5. The molecule has 0 saturated carbocycles. The Morgan fingerprint density at radius 1 is 1.07 bits per heavy atom. The minimum absolute atomic E-state index is 0.0517. The van der Waals surface area contributed by atoms with E-state index < -0.39 is 4.92 Å². The SMILES string of the molecule is Cc1c(C(=O)N2CCN(c3ccc([N+](=O)[O-])cc3)CC2)cnn1-c1cccc(Cl)c1. The lowest BCUT2D eigenvalue weighted by Crippen LogP contribution is -2.48. The van der Waals surface area contributed by atoms with Crippen molar-refractivity contribution in [3.05, 3.63) is 81.1 Å². The third kappa shape index (κ3) is 3.86. The number of carbonyl (C=O) groups is 1. The molecule has 0 unspecified atom stereocenters. The summed E-state index contributed by atoms with van der Waals surface area (Å²) in [4.78, 5) is 27.4. The Morgan fingerprint density at radius 2 is 1.77 bits per heavy atom. The summed E-state index contributed by atoms with van der Waals surface area (Å²) in [6.45, 7) is 4.32. The summed E-state index contributed by atoms with van der Waals surface area (Å²) < 4.78 is 1.71. The number of rotatable bonds is 4. The van der Waals surface area contributed by atoms with E-state index in [1.807, 2.05) is 24.0 Å². The zero-order valence-corrected chi connectivity index (χ0v) is 17.1. The smallest absolute Gasteiger partial charge is 0.269 e. The van der Waals surface area contributed by atoms with Crippen LogP contribution in [0.4, 0.5) is 11.4 Å². The fourth-order valence-electron chi connectivity index (χ4n) is 3.61. The highest BCUT2D eigenvalue weighted by molar-refractivity contribution is 6.30. The number of nitro groups is 1. The van der Waals surface area contributed by atoms with Gasteiger partial charge in [0.05, 0.1) is 28.1 Å². The normalized spacial score (nSPS) is 14.1. The van der Waals surface area contributed by atoms with E-state index in [9.17, 15) is 14.9 Å². The highest BCUT2D eigenvalue weighted by atomic mass is 35.5. The average molecular weight is 426 g/mol. The fraction of sp³-hybridized carbons (Fsp3) is 0.238. The number of aromatic nitrogens is 2. The zero-order chi connectivity index (χ0) is 21.3. The predicted molar refractivity (Wildman–Crippen MR) is 115 cm³/mol. The van der Waals surface area contributed by atoms with Crippen LogP contribution in [0.1, 0.15) is 16.1 Å². The van der Waals surface area contributed by atoms with Crippen molar-refractivity contribution in [3.8, 4) is 5.69 Å². The molecule has 1 amide bonds. The van der Waals surface area contributed by atoms with E-state index in [0.29, 0.717) is 36.8 Å². The van der Waals surface area contributed by atoms with Crippen LogP contribution in [0, 0.1) is 17.0 Å². The van der Waals surface area contributed by atoms with Gasteiger partial charge in [0.1, 0.15) is 0 Å². The van der Waals surface area contributed by atoms with Gasteiger partial charge in [-0.25, -0.2) is 4.68 Å². The first-order valence-corrected chi connectivity index (χ1v) is 9.91. The average Bonchev–Trinajstić information content (AvgIpc) is 3.14. The van der Waals surface area contributed by atoms with Crippen molar-refractivity contribution in [1.82, 2.24) is 14.7 Å². The Hall–Kier alpha value is -3.39. The molecule has 154 valence electrons. The molecule has 30 heavy (non-hydrogen) atoms. The largest absolute Gasteiger partial charge is 0.368 e. The molecule has 1 aromatic heterocycles. The van der Waals surface area contributed by atoms with Crippen molar-refractivity contribution in [2.24, 2.45) is 0 Å². The van der Waals surface area contributed by atoms with Gasteiger partial charge < -0.3 is 9.80 Å². The number of carbonyl (C=O) groups excluding carboxylic acids is 1. The molecular weight excluding hydrogens is 406 g/mol. The van der Waals surface area contributed by atoms with Gasteiger partial charge in [-0.1, -0.05) is 17.7 Å². The number of hydrogen-bond donors (Lipinski definition) is 0. The topological polar surface area (TPSA) is 84.5 Å². The van der Waals surface area contributed by atoms with Crippen LogP contribution < -0.4 is 4.90 Å². The maximum Gasteiger partial charge on any atom is 0.269 e. The lowest BCUT2D eigenvalue weighted by atomic mass is 10.2. The van der Waals surface area contributed by atoms with Crippen molar-refractivity contribution in [3.63, 3.8) is 0 Å². The van der Waals surface area contributed by atoms with Crippen LogP contribution in [-0.4, -0.2) is 51.7 Å². The fourth-order valence-corrected chi connectivity index (χ4v) is 3.80. The molecular formula is C21H20ClN5O3. The molecule has 0 N–H and O–H groups in total. The number of non-ortho nitro benzene ring substituents is 1. The number of halogens is 1. The molecule has 1 aliphatic heterocycles. The molecule has 8 nitrogen and oxygen atoms in total. The number of hydrogen-bond acceptors (Lipinski definition) is 5. The van der Waals surface area contributed by atoms with Crippen molar-refractivity contribution >= 4 is 28.9 Å². The first-order chi connectivity index (χ1) is 14.4. The lowest BCUT2D eigenvalue weighted by Gasteiger charge is -2.36. The molecule has 0 atom stereocenters. The molecule has 3 aromatic rings. The number of nitro benzene ring substituents is 1. The molecule has 0 bridgehead atoms. The van der Waals surface area contributed by atoms with Crippen LogP contribution in [-0.2, 0) is 0 Å². The number of amides is 1. The number of anilines is 1. The third-order valence-electron chi connectivity index (χ3n) is 5.29. The number of piperazine rings is 1. The van der Waals surface area contributed by atoms with Crippen LogP contribution in [0.15, 0.2) is 54.7 Å². The van der Waals surface area contributed by atoms with Gasteiger partial charge in [-0.2, -0.15) is 5.10 Å². The van der Waals surface area contributed by atoms with Gasteiger partial charge in [0.15, 0.2) is 0 Å². The summed E-state index contributed by atoms with van der Waals surface area (Å²) in [5.74, 6) is -0.0517. The third-order valence-corrected chi connectivity index (χ3v) is 5.52. The van der Waals surface area contributed by atoms with E-state index in [-0.39, 0.29) is 11.6 Å². The first-order valence-electron chi connectivity index (χ1n) is 9.53. The van der Waals surface area contributed by atoms with Gasteiger partial charge in [-0.05, 0) is 37.3 Å². The molecule has 0 radical (unpaired) electrons. The van der Waals surface area contributed by atoms with Crippen molar-refractivity contribution in [1.29, 1.82) is 0 Å². The van der Waals surface area contributed by atoms with E-state index >= 15 is 0 Å². The Kier molecular flexibility index (Phi) is 5.41. The summed E-state index contributed by atoms with van der Waals surface area (Å²) >= 11 is 6.07. The summed E-state index contributed by atoms with van der Waals surface area (Å²) in [5.41, 5.74) is 3.12. The van der Waals surface area contributed by atoms with Crippen LogP contribution in [0.25, 0.3) is 5.69 Å². The van der Waals surface area contributed by atoms with Gasteiger partial charge in [0.2, 0.25) is 0 Å². The molecule has 4 rings (SSSR count). The molecule has 1 saturated heterocycles. The number of benzene rings is 2. The van der Waals surface area contributed by atoms with Crippen molar-refractivity contribution in [2.45, 2.75) is 6.92 Å². The minimum atomic E-state index is -0.410. The summed E-state index contributed by atoms with van der Waals surface area (Å²) in [6.07, 6.45) is 1.60. The first kappa shape index (κ1) is 19.9. The molecule has 9 heteroatoms. The van der Waals surface area contributed by atoms with Gasteiger partial charge in [0.25, 0.3) is 11.6 Å². The molecule has 0 spiro atoms. The monoisotopic (exact) mass is 425 g/mol. The van der Waals surface area contributed by atoms with Crippen LogP contribution in [0.5, 0.6) is 0 Å². The molecule has 0 aliphatic carbocycles. The Balaban J connectivity index is 1.44. The Morgan fingerprint density at radius 3 is 2.40 bits per heavy atom. The van der Waals surface area contributed by atoms with E-state index in [1.54, 1.807) is 35.1 Å². The van der Waals surface area contributed by atoms with Gasteiger partial charge >= 0.3 is 0 Å². The second kappa shape index (κ2) is 8.16. The van der Waals surface area contributed by atoms with Gasteiger partial charge in [-0.15, -0.1) is 0 Å². The van der Waals surface area contributed by atoms with E-state index in [1.165, 1.54) is 12.1 Å². The standard InChI is InChI=1S/C21H20ClN5O3/c1-15-20(14-23-26(15)19-4-2-3-16(22)13-19)21(28)25-11-9-24(10-12-25)17-5-7-18(8-6-17)27(29)30/h2-8,13-14H,9-12H2,1H3. The minimum Gasteiger partial charge on any atom is -0.368 e. The predicted octanol–water partition coefficient (Wildman–Crippen LogP) is 3.70. The van der Waals surface area contributed by atoms with E-state index in [2.05, 4.69) is 10.00 Å². The molecule has 1 aliphatic rings. The second-order valence-corrected chi connectivity index (χ2v) is 7.52. The maximum absolute atomic E-state index is 13.0. The Bertz CT molecular complexity index is 1090. The Labute approximate surface area is 178 Å². The summed E-state index contributed by atoms with van der Waals surface area (Å²) in [6, 6.07) is 13.8. The highest BCUT2D eigenvalue weighted by Crippen LogP contribution is 2.22. The van der Waals surface area contributed by atoms with Gasteiger partial charge in [0, 0.05) is 49.0 Å². The van der Waals surface area contributed by atoms with Gasteiger partial charge in [-0.3, -0.25) is 14.9 Å². The van der Waals surface area contributed by atoms with Crippen LogP contribution in [0.2, 0.25) is 5.02 Å². The van der Waals surface area contributed by atoms with Crippen molar-refractivity contribution < 1.29 is 9.72 Å². The molecule has 1 fully saturated rings. The highest BCUT2D eigenvalue weighted by Gasteiger charge is 2.25.